The topological polar surface area (TPSA) is 66.4 Å². The maximum absolute atomic E-state index is 10.4. The van der Waals surface area contributed by atoms with Crippen LogP contribution in [0, 0.1) is 5.75 Å². The van der Waals surface area contributed by atoms with Gasteiger partial charge in [0, 0.05) is 0 Å². The second kappa shape index (κ2) is 6.50. The zero-order chi connectivity index (χ0) is 8.69. The van der Waals surface area contributed by atoms with Gasteiger partial charge < -0.3 is 0 Å². The van der Waals surface area contributed by atoms with E-state index < -0.39 is 12.0 Å². The third-order valence-corrected chi connectivity index (χ3v) is 1.48. The van der Waals surface area contributed by atoms with Gasteiger partial charge in [-0.3, -0.25) is 0 Å². The van der Waals surface area contributed by atoms with Crippen LogP contribution in [0.1, 0.15) is 6.42 Å². The van der Waals surface area contributed by atoms with E-state index in [0.717, 1.165) is 0 Å². The summed E-state index contributed by atoms with van der Waals surface area (Å²) in [6.07, 6.45) is 0.376. The Bertz CT molecular complexity index is 225. The molecule has 2 N–H and O–H groups in total. The molecular weight excluding hydrogens is 185 g/mol. The Hall–Kier alpha value is -0.210. The van der Waals surface area contributed by atoms with Crippen molar-refractivity contribution in [3.05, 3.63) is 0 Å². The molecule has 0 spiro atoms. The summed E-state index contributed by atoms with van der Waals surface area (Å²) in [5.74, 6) is 1.64. The minimum atomic E-state index is -0.991. The van der Waals surface area contributed by atoms with Crippen LogP contribution in [0.25, 0.3) is 0 Å². The first kappa shape index (κ1) is 10.8. The summed E-state index contributed by atoms with van der Waals surface area (Å²) >= 11 is 3.87. The van der Waals surface area contributed by atoms with Crippen LogP contribution < -0.4 is 5.32 Å². The van der Waals surface area contributed by atoms with Crippen LogP contribution >= 0.6 is 20.5 Å². The van der Waals surface area contributed by atoms with Gasteiger partial charge in [0.15, 0.2) is 0 Å². The Balaban J connectivity index is 3.95. The van der Waals surface area contributed by atoms with Gasteiger partial charge in [0.1, 0.15) is 0 Å². The summed E-state index contributed by atoms with van der Waals surface area (Å²) in [4.78, 5) is 10.4. The first-order valence-electron chi connectivity index (χ1n) is 2.89. The van der Waals surface area contributed by atoms with Crippen molar-refractivity contribution in [2.75, 3.05) is 5.75 Å². The SMILES string of the molecule is O=P#CN[C@@H](CCS)C(=O)O. The molecule has 0 radical (unpaired) electrons. The standard InChI is InChI=1S/C5H8NO3PS/c7-5(8)4(1-2-11)6-3-10-9/h4,6,11H,1-2H2,(H,7,8)/t4-/m0/s1. The molecule has 11 heavy (non-hydrogen) atoms. The normalized spacial score (nSPS) is 11.7. The van der Waals surface area contributed by atoms with Gasteiger partial charge >= 0.3 is 70.3 Å². The molecule has 6 heteroatoms. The molecule has 0 aliphatic carbocycles. The zero-order valence-electron chi connectivity index (χ0n) is 5.65. The molecule has 0 rings (SSSR count). The third-order valence-electron chi connectivity index (χ3n) is 1.00. The molecule has 0 amide bonds. The number of aliphatic carboxylic acids is 1. The summed E-state index contributed by atoms with van der Waals surface area (Å²) in [5.41, 5.74) is 0. The van der Waals surface area contributed by atoms with Gasteiger partial charge in [-0.1, -0.05) is 0 Å². The van der Waals surface area contributed by atoms with Crippen molar-refractivity contribution in [3.8, 4) is 5.75 Å². The van der Waals surface area contributed by atoms with Crippen LogP contribution in [-0.2, 0) is 9.36 Å². The molecule has 0 aromatic heterocycles. The number of carboxylic acid groups (broad SMARTS) is 1. The average molecular weight is 193 g/mol. The summed E-state index contributed by atoms with van der Waals surface area (Å²) < 4.78 is 9.85. The summed E-state index contributed by atoms with van der Waals surface area (Å²) in [6, 6.07) is -0.742. The minimum absolute atomic E-state index is 0.339. The van der Waals surface area contributed by atoms with Crippen LogP contribution in [0.15, 0.2) is 0 Å². The van der Waals surface area contributed by atoms with Crippen molar-refractivity contribution >= 4 is 26.5 Å². The number of hydrogen-bond donors (Lipinski definition) is 3. The van der Waals surface area contributed by atoms with E-state index in [2.05, 4.69) is 23.7 Å². The predicted octanol–water partition coefficient (Wildman–Crippen LogP) is 0.557. The second-order valence-corrected chi connectivity index (χ2v) is 2.60. The number of carbonyl (C=O) groups is 1. The number of hydrogen-bond acceptors (Lipinski definition) is 4. The Kier molecular flexibility index (Phi) is 6.37. The zero-order valence-corrected chi connectivity index (χ0v) is 7.44. The van der Waals surface area contributed by atoms with Gasteiger partial charge in [-0.05, 0) is 0 Å². The van der Waals surface area contributed by atoms with E-state index in [1.807, 2.05) is 0 Å². The van der Waals surface area contributed by atoms with Crippen LogP contribution in [0.4, 0.5) is 0 Å². The van der Waals surface area contributed by atoms with Gasteiger partial charge in [-0.25, -0.2) is 0 Å². The van der Waals surface area contributed by atoms with Gasteiger partial charge in [0.2, 0.25) is 0 Å². The van der Waals surface area contributed by atoms with Crippen LogP contribution in [-0.4, -0.2) is 22.9 Å². The molecule has 0 aromatic rings. The molecule has 0 heterocycles. The fourth-order valence-electron chi connectivity index (χ4n) is 0.491. The summed E-state index contributed by atoms with van der Waals surface area (Å²) in [6.45, 7) is 0. The Morgan fingerprint density at radius 1 is 1.82 bits per heavy atom. The van der Waals surface area contributed by atoms with Gasteiger partial charge in [0.25, 0.3) is 0 Å². The molecule has 0 aliphatic heterocycles. The molecule has 1 atom stereocenters. The first-order valence-corrected chi connectivity index (χ1v) is 4.33. The molecule has 0 fully saturated rings. The van der Waals surface area contributed by atoms with Gasteiger partial charge in [-0.15, -0.1) is 0 Å². The van der Waals surface area contributed by atoms with Crippen LogP contribution in [0.2, 0.25) is 0 Å². The van der Waals surface area contributed by atoms with E-state index >= 15 is 0 Å². The average Bonchev–Trinajstić information content (AvgIpc) is 1.97. The van der Waals surface area contributed by atoms with Crippen molar-refractivity contribution in [1.29, 1.82) is 0 Å². The molecule has 0 saturated heterocycles. The van der Waals surface area contributed by atoms with E-state index in [4.69, 9.17) is 5.11 Å². The van der Waals surface area contributed by atoms with Crippen molar-refractivity contribution in [2.45, 2.75) is 12.5 Å². The van der Waals surface area contributed by atoms with E-state index in [0.29, 0.717) is 12.2 Å². The van der Waals surface area contributed by atoms with Crippen molar-refractivity contribution in [1.82, 2.24) is 5.32 Å². The van der Waals surface area contributed by atoms with Gasteiger partial charge in [-0.2, -0.15) is 0 Å². The fourth-order valence-corrected chi connectivity index (χ4v) is 0.957. The molecular formula is C5H8NO3PS. The van der Waals surface area contributed by atoms with Gasteiger partial charge in [0.05, 0.1) is 0 Å². The number of nitrogens with one attached hydrogen (secondary N) is 1. The van der Waals surface area contributed by atoms with Crippen molar-refractivity contribution < 1.29 is 14.5 Å². The van der Waals surface area contributed by atoms with Crippen molar-refractivity contribution in [3.63, 3.8) is 0 Å². The molecule has 4 nitrogen and oxygen atoms in total. The maximum atomic E-state index is 10.4. The van der Waals surface area contributed by atoms with E-state index in [1.54, 1.807) is 0 Å². The molecule has 0 aliphatic rings. The van der Waals surface area contributed by atoms with Crippen LogP contribution in [0.5, 0.6) is 0 Å². The molecule has 0 saturated carbocycles. The number of carboxylic acids is 1. The molecule has 0 unspecified atom stereocenters. The quantitative estimate of drug-likeness (QED) is 0.346. The van der Waals surface area contributed by atoms with Crippen molar-refractivity contribution in [2.24, 2.45) is 0 Å². The fraction of sp³-hybridized carbons (Fsp3) is 0.600. The predicted molar refractivity (Wildman–Crippen MR) is 44.5 cm³/mol. The van der Waals surface area contributed by atoms with Crippen LogP contribution in [0.3, 0.4) is 0 Å². The molecule has 0 bridgehead atoms. The first-order chi connectivity index (χ1) is 5.22. The molecule has 0 aromatic carbocycles. The third kappa shape index (κ3) is 5.10. The Labute approximate surface area is 70.9 Å². The molecule has 62 valence electrons. The number of rotatable bonds is 4. The second-order valence-electron chi connectivity index (χ2n) is 1.75. The van der Waals surface area contributed by atoms with E-state index in [-0.39, 0.29) is 7.92 Å². The number of thiol groups is 1. The van der Waals surface area contributed by atoms with E-state index in [9.17, 15) is 9.36 Å². The van der Waals surface area contributed by atoms with E-state index in [1.165, 1.54) is 0 Å². The Morgan fingerprint density at radius 3 is 2.82 bits per heavy atom. The Morgan fingerprint density at radius 2 is 2.45 bits per heavy atom. The summed E-state index contributed by atoms with van der Waals surface area (Å²) in [7, 11) is -0.339. The summed E-state index contributed by atoms with van der Waals surface area (Å²) in [5, 5.41) is 10.8. The monoisotopic (exact) mass is 193 g/mol.